The highest BCUT2D eigenvalue weighted by Crippen LogP contribution is 2.19. The molecule has 0 saturated carbocycles. The van der Waals surface area contributed by atoms with Gasteiger partial charge >= 0.3 is 0 Å². The van der Waals surface area contributed by atoms with Crippen LogP contribution in [0.2, 0.25) is 0 Å². The van der Waals surface area contributed by atoms with Crippen molar-refractivity contribution in [3.8, 4) is 0 Å². The molecule has 1 rings (SSSR count). The summed E-state index contributed by atoms with van der Waals surface area (Å²) >= 11 is 6.34. The maximum absolute atomic E-state index is 11.3. The second-order valence-corrected chi connectivity index (χ2v) is 4.22. The zero-order valence-electron chi connectivity index (χ0n) is 7.51. The Balaban J connectivity index is 3.19. The Bertz CT molecular complexity index is 386. The second-order valence-electron chi connectivity index (χ2n) is 2.81. The van der Waals surface area contributed by atoms with E-state index >= 15 is 0 Å². The van der Waals surface area contributed by atoms with E-state index in [0.29, 0.717) is 11.1 Å². The van der Waals surface area contributed by atoms with Gasteiger partial charge in [-0.1, -0.05) is 37.9 Å². The van der Waals surface area contributed by atoms with Crippen molar-refractivity contribution < 1.29 is 9.59 Å². The molecule has 0 radical (unpaired) electrons. The van der Waals surface area contributed by atoms with Gasteiger partial charge in [0.2, 0.25) is 0 Å². The zero-order chi connectivity index (χ0) is 10.7. The molecule has 0 saturated heterocycles. The summed E-state index contributed by atoms with van der Waals surface area (Å²) < 4.78 is 0.719. The van der Waals surface area contributed by atoms with Crippen molar-refractivity contribution in [1.29, 1.82) is 0 Å². The minimum absolute atomic E-state index is 0.0278. The molecule has 0 fully saturated rings. The van der Waals surface area contributed by atoms with Gasteiger partial charge in [0.05, 0.1) is 5.33 Å². The third kappa shape index (κ3) is 2.51. The largest absolute Gasteiger partial charge is 0.294 e. The lowest BCUT2D eigenvalue weighted by Crippen LogP contribution is -2.03. The predicted molar refractivity (Wildman–Crippen MR) is 62.3 cm³/mol. The quantitative estimate of drug-likeness (QED) is 0.633. The topological polar surface area (TPSA) is 34.1 Å². The number of alkyl halides is 1. The Kier molecular flexibility index (Phi) is 4.01. The van der Waals surface area contributed by atoms with E-state index in [1.165, 1.54) is 6.92 Å². The van der Waals surface area contributed by atoms with Gasteiger partial charge in [-0.05, 0) is 19.1 Å². The van der Waals surface area contributed by atoms with Crippen molar-refractivity contribution >= 4 is 43.4 Å². The van der Waals surface area contributed by atoms with Crippen LogP contribution in [0, 0.1) is 0 Å². The Morgan fingerprint density at radius 3 is 2.50 bits per heavy atom. The van der Waals surface area contributed by atoms with Crippen LogP contribution in [-0.4, -0.2) is 16.9 Å². The van der Waals surface area contributed by atoms with Gasteiger partial charge in [-0.15, -0.1) is 0 Å². The van der Waals surface area contributed by atoms with Gasteiger partial charge in [0.15, 0.2) is 11.6 Å². The van der Waals surface area contributed by atoms with Gasteiger partial charge < -0.3 is 0 Å². The molecule has 0 N–H and O–H groups in total. The molecule has 0 atom stereocenters. The molecule has 0 unspecified atom stereocenters. The highest BCUT2D eigenvalue weighted by molar-refractivity contribution is 9.10. The first-order chi connectivity index (χ1) is 6.56. The zero-order valence-corrected chi connectivity index (χ0v) is 10.7. The molecule has 1 aromatic carbocycles. The molecule has 0 amide bonds. The SMILES string of the molecule is CC(=O)c1cc(C(=O)CBr)ccc1Br. The lowest BCUT2D eigenvalue weighted by atomic mass is 10.1. The summed E-state index contributed by atoms with van der Waals surface area (Å²) in [6.45, 7) is 1.47. The average molecular weight is 320 g/mol. The van der Waals surface area contributed by atoms with Crippen molar-refractivity contribution in [2.24, 2.45) is 0 Å². The molecule has 0 bridgehead atoms. The van der Waals surface area contributed by atoms with Gasteiger partial charge in [0.25, 0.3) is 0 Å². The monoisotopic (exact) mass is 318 g/mol. The van der Waals surface area contributed by atoms with Crippen LogP contribution in [0.1, 0.15) is 27.6 Å². The van der Waals surface area contributed by atoms with E-state index in [9.17, 15) is 9.59 Å². The van der Waals surface area contributed by atoms with Crippen LogP contribution in [0.15, 0.2) is 22.7 Å². The molecular weight excluding hydrogens is 312 g/mol. The number of benzene rings is 1. The molecule has 74 valence electrons. The first kappa shape index (κ1) is 11.6. The highest BCUT2D eigenvalue weighted by atomic mass is 79.9. The van der Waals surface area contributed by atoms with Crippen LogP contribution in [-0.2, 0) is 0 Å². The van der Waals surface area contributed by atoms with Crippen molar-refractivity contribution in [1.82, 2.24) is 0 Å². The smallest absolute Gasteiger partial charge is 0.173 e. The lowest BCUT2D eigenvalue weighted by Gasteiger charge is -2.02. The van der Waals surface area contributed by atoms with Crippen LogP contribution >= 0.6 is 31.9 Å². The molecule has 4 heteroatoms. The van der Waals surface area contributed by atoms with Crippen LogP contribution in [0.5, 0.6) is 0 Å². The molecule has 0 aliphatic heterocycles. The maximum atomic E-state index is 11.3. The molecule has 2 nitrogen and oxygen atoms in total. The fourth-order valence-electron chi connectivity index (χ4n) is 1.05. The van der Waals surface area contributed by atoms with Gasteiger partial charge in [-0.2, -0.15) is 0 Å². The number of hydrogen-bond acceptors (Lipinski definition) is 2. The van der Waals surface area contributed by atoms with E-state index < -0.39 is 0 Å². The fourth-order valence-corrected chi connectivity index (χ4v) is 1.90. The Morgan fingerprint density at radius 1 is 1.36 bits per heavy atom. The van der Waals surface area contributed by atoms with Crippen molar-refractivity contribution in [3.05, 3.63) is 33.8 Å². The molecular formula is C10H8Br2O2. The summed E-state index contributed by atoms with van der Waals surface area (Å²) in [7, 11) is 0. The molecule has 0 aliphatic rings. The summed E-state index contributed by atoms with van der Waals surface area (Å²) in [6, 6.07) is 5.02. The first-order valence-corrected chi connectivity index (χ1v) is 5.87. The van der Waals surface area contributed by atoms with Crippen molar-refractivity contribution in [3.63, 3.8) is 0 Å². The molecule has 1 aromatic rings. The fraction of sp³-hybridized carbons (Fsp3) is 0.200. The number of hydrogen-bond donors (Lipinski definition) is 0. The van der Waals surface area contributed by atoms with E-state index in [2.05, 4.69) is 31.9 Å². The van der Waals surface area contributed by atoms with E-state index in [-0.39, 0.29) is 16.9 Å². The number of halogens is 2. The molecule has 0 heterocycles. The first-order valence-electron chi connectivity index (χ1n) is 3.96. The van der Waals surface area contributed by atoms with Crippen LogP contribution in [0.25, 0.3) is 0 Å². The van der Waals surface area contributed by atoms with E-state index in [1.807, 2.05) is 0 Å². The van der Waals surface area contributed by atoms with Gasteiger partial charge in [-0.3, -0.25) is 9.59 Å². The molecule has 14 heavy (non-hydrogen) atoms. The Morgan fingerprint density at radius 2 is 2.00 bits per heavy atom. The minimum Gasteiger partial charge on any atom is -0.294 e. The van der Waals surface area contributed by atoms with Crippen LogP contribution in [0.3, 0.4) is 0 Å². The molecule has 0 aliphatic carbocycles. The van der Waals surface area contributed by atoms with Gasteiger partial charge in [-0.25, -0.2) is 0 Å². The third-order valence-corrected chi connectivity index (χ3v) is 2.99. The van der Waals surface area contributed by atoms with Crippen LogP contribution < -0.4 is 0 Å². The third-order valence-electron chi connectivity index (χ3n) is 1.79. The van der Waals surface area contributed by atoms with Crippen molar-refractivity contribution in [2.75, 3.05) is 5.33 Å². The van der Waals surface area contributed by atoms with Crippen molar-refractivity contribution in [2.45, 2.75) is 6.92 Å². The number of ketones is 2. The maximum Gasteiger partial charge on any atom is 0.173 e. The summed E-state index contributed by atoms with van der Waals surface area (Å²) in [6.07, 6.45) is 0. The number of carbonyl (C=O) groups is 2. The van der Waals surface area contributed by atoms with Gasteiger partial charge in [0, 0.05) is 15.6 Å². The summed E-state index contributed by atoms with van der Waals surface area (Å²) in [5, 5.41) is 0.270. The van der Waals surface area contributed by atoms with Crippen LogP contribution in [0.4, 0.5) is 0 Å². The number of rotatable bonds is 3. The second kappa shape index (κ2) is 4.84. The lowest BCUT2D eigenvalue weighted by molar-refractivity contribution is 0.101. The Labute approximate surface area is 98.9 Å². The molecule has 0 aromatic heterocycles. The minimum atomic E-state index is -0.0545. The van der Waals surface area contributed by atoms with E-state index in [0.717, 1.165) is 4.47 Å². The number of Topliss-reactive ketones (excluding diaryl/α,β-unsaturated/α-hetero) is 2. The van der Waals surface area contributed by atoms with Gasteiger partial charge in [0.1, 0.15) is 0 Å². The standard InChI is InChI=1S/C10H8Br2O2/c1-6(13)8-4-7(10(14)5-11)2-3-9(8)12/h2-4H,5H2,1H3. The number of carbonyl (C=O) groups excluding carboxylic acids is 2. The summed E-state index contributed by atoms with van der Waals surface area (Å²) in [4.78, 5) is 22.5. The summed E-state index contributed by atoms with van der Waals surface area (Å²) in [5.74, 6) is -0.0823. The predicted octanol–water partition coefficient (Wildman–Crippen LogP) is 3.23. The van der Waals surface area contributed by atoms with E-state index in [4.69, 9.17) is 0 Å². The highest BCUT2D eigenvalue weighted by Gasteiger charge is 2.09. The summed E-state index contributed by atoms with van der Waals surface area (Å²) in [5.41, 5.74) is 1.09. The average Bonchev–Trinajstić information content (AvgIpc) is 2.17. The Hall–Kier alpha value is -0.480. The molecule has 0 spiro atoms. The normalized spacial score (nSPS) is 9.93. The van der Waals surface area contributed by atoms with E-state index in [1.54, 1.807) is 18.2 Å².